The van der Waals surface area contributed by atoms with Crippen molar-refractivity contribution in [3.05, 3.63) is 29.6 Å². The van der Waals surface area contributed by atoms with E-state index in [1.807, 2.05) is 6.92 Å². The van der Waals surface area contributed by atoms with Crippen molar-refractivity contribution in [2.45, 2.75) is 20.0 Å². The van der Waals surface area contributed by atoms with E-state index in [-0.39, 0.29) is 18.9 Å². The van der Waals surface area contributed by atoms with E-state index in [1.165, 1.54) is 25.1 Å². The summed E-state index contributed by atoms with van der Waals surface area (Å²) in [6.45, 7) is 4.04. The number of rotatable bonds is 7. The van der Waals surface area contributed by atoms with Crippen LogP contribution in [0.25, 0.3) is 0 Å². The molecular formula is C13H18FNO4. The van der Waals surface area contributed by atoms with E-state index in [1.54, 1.807) is 0 Å². The van der Waals surface area contributed by atoms with Crippen molar-refractivity contribution >= 4 is 5.71 Å². The van der Waals surface area contributed by atoms with Crippen LogP contribution in [0.1, 0.15) is 19.4 Å². The van der Waals surface area contributed by atoms with Gasteiger partial charge in [-0.1, -0.05) is 5.16 Å². The van der Waals surface area contributed by atoms with E-state index in [2.05, 4.69) is 5.16 Å². The molecule has 0 bridgehead atoms. The normalized spacial score (nSPS) is 13.4. The zero-order chi connectivity index (χ0) is 14.3. The van der Waals surface area contributed by atoms with Gasteiger partial charge in [-0.05, 0) is 32.0 Å². The van der Waals surface area contributed by atoms with Crippen LogP contribution in [0.2, 0.25) is 0 Å². The van der Waals surface area contributed by atoms with E-state index in [4.69, 9.17) is 14.7 Å². The molecule has 5 nitrogen and oxygen atoms in total. The lowest BCUT2D eigenvalue weighted by molar-refractivity contribution is 0.0164. The molecule has 0 aliphatic carbocycles. The van der Waals surface area contributed by atoms with Gasteiger partial charge in [-0.2, -0.15) is 0 Å². The Morgan fingerprint density at radius 2 is 2.16 bits per heavy atom. The number of aliphatic hydroxyl groups is 1. The molecule has 0 aliphatic heterocycles. The molecule has 1 unspecified atom stereocenters. The average Bonchev–Trinajstić information content (AvgIpc) is 2.42. The van der Waals surface area contributed by atoms with Crippen LogP contribution in [-0.2, 0) is 4.74 Å². The Morgan fingerprint density at radius 1 is 1.42 bits per heavy atom. The summed E-state index contributed by atoms with van der Waals surface area (Å²) in [5.74, 6) is -0.118. The van der Waals surface area contributed by atoms with Crippen LogP contribution in [0, 0.1) is 5.82 Å². The Morgan fingerprint density at radius 3 is 2.79 bits per heavy atom. The first-order valence-corrected chi connectivity index (χ1v) is 5.95. The summed E-state index contributed by atoms with van der Waals surface area (Å²) >= 11 is 0. The number of halogens is 1. The lowest BCUT2D eigenvalue weighted by Crippen LogP contribution is -2.24. The second-order valence-corrected chi connectivity index (χ2v) is 3.95. The van der Waals surface area contributed by atoms with Gasteiger partial charge in [0.25, 0.3) is 0 Å². The van der Waals surface area contributed by atoms with E-state index in [0.29, 0.717) is 17.9 Å². The molecule has 1 aromatic rings. The van der Waals surface area contributed by atoms with Gasteiger partial charge in [-0.15, -0.1) is 0 Å². The fourth-order valence-electron chi connectivity index (χ4n) is 1.45. The maximum Gasteiger partial charge on any atom is 0.128 e. The van der Waals surface area contributed by atoms with Gasteiger partial charge in [-0.3, -0.25) is 0 Å². The molecule has 19 heavy (non-hydrogen) atoms. The minimum atomic E-state index is -0.774. The van der Waals surface area contributed by atoms with Gasteiger partial charge in [-0.25, -0.2) is 4.39 Å². The predicted octanol–water partition coefficient (Wildman–Crippen LogP) is 1.80. The first-order valence-electron chi connectivity index (χ1n) is 5.95. The standard InChI is InChI=1S/C13H18FNO4/c1-3-18-7-11(16)8-19-13-5-4-10(14)6-12(13)9(2)15-17/h4-6,11,16-17H,3,7-8H2,1-2H3. The van der Waals surface area contributed by atoms with E-state index in [0.717, 1.165) is 0 Å². The minimum Gasteiger partial charge on any atom is -0.490 e. The summed E-state index contributed by atoms with van der Waals surface area (Å²) in [7, 11) is 0. The van der Waals surface area contributed by atoms with Crippen molar-refractivity contribution in [1.82, 2.24) is 0 Å². The van der Waals surface area contributed by atoms with E-state index >= 15 is 0 Å². The Kier molecular flexibility index (Phi) is 6.24. The average molecular weight is 271 g/mol. The van der Waals surface area contributed by atoms with Crippen molar-refractivity contribution in [3.63, 3.8) is 0 Å². The van der Waals surface area contributed by atoms with Gasteiger partial charge in [0.15, 0.2) is 0 Å². The third-order valence-corrected chi connectivity index (χ3v) is 2.43. The molecule has 0 amide bonds. The highest BCUT2D eigenvalue weighted by Gasteiger charge is 2.11. The van der Waals surface area contributed by atoms with Crippen LogP contribution in [0.5, 0.6) is 5.75 Å². The first kappa shape index (κ1) is 15.4. The number of aliphatic hydroxyl groups excluding tert-OH is 1. The van der Waals surface area contributed by atoms with Gasteiger partial charge in [0.1, 0.15) is 24.3 Å². The van der Waals surface area contributed by atoms with Crippen molar-refractivity contribution in [3.8, 4) is 5.75 Å². The molecule has 1 aromatic carbocycles. The monoisotopic (exact) mass is 271 g/mol. The molecule has 0 saturated carbocycles. The number of hydrogen-bond acceptors (Lipinski definition) is 5. The van der Waals surface area contributed by atoms with Crippen LogP contribution in [0.3, 0.4) is 0 Å². The highest BCUT2D eigenvalue weighted by Crippen LogP contribution is 2.21. The highest BCUT2D eigenvalue weighted by atomic mass is 19.1. The third-order valence-electron chi connectivity index (χ3n) is 2.43. The Bertz CT molecular complexity index is 437. The van der Waals surface area contributed by atoms with Gasteiger partial charge in [0.2, 0.25) is 0 Å². The van der Waals surface area contributed by atoms with Crippen LogP contribution in [-0.4, -0.2) is 42.0 Å². The smallest absolute Gasteiger partial charge is 0.128 e. The Hall–Kier alpha value is -1.66. The third kappa shape index (κ3) is 4.84. The fourth-order valence-corrected chi connectivity index (χ4v) is 1.45. The molecule has 0 radical (unpaired) electrons. The van der Waals surface area contributed by atoms with Crippen molar-refractivity contribution in [1.29, 1.82) is 0 Å². The summed E-state index contributed by atoms with van der Waals surface area (Å²) in [6.07, 6.45) is -0.774. The van der Waals surface area contributed by atoms with Gasteiger partial charge in [0, 0.05) is 12.2 Å². The zero-order valence-electron chi connectivity index (χ0n) is 11.0. The number of benzene rings is 1. The van der Waals surface area contributed by atoms with Crippen molar-refractivity contribution < 1.29 is 24.2 Å². The zero-order valence-corrected chi connectivity index (χ0v) is 11.0. The summed E-state index contributed by atoms with van der Waals surface area (Å²) in [5.41, 5.74) is 0.569. The summed E-state index contributed by atoms with van der Waals surface area (Å²) in [6, 6.07) is 3.87. The number of nitrogens with zero attached hydrogens (tertiary/aromatic N) is 1. The van der Waals surface area contributed by atoms with Crippen LogP contribution < -0.4 is 4.74 Å². The van der Waals surface area contributed by atoms with E-state index in [9.17, 15) is 9.50 Å². The molecule has 6 heteroatoms. The van der Waals surface area contributed by atoms with Gasteiger partial charge in [0.05, 0.1) is 12.3 Å². The van der Waals surface area contributed by atoms with E-state index < -0.39 is 11.9 Å². The Balaban J connectivity index is 2.72. The van der Waals surface area contributed by atoms with Crippen molar-refractivity contribution in [2.24, 2.45) is 5.16 Å². The summed E-state index contributed by atoms with van der Waals surface area (Å²) in [4.78, 5) is 0. The van der Waals surface area contributed by atoms with Crippen LogP contribution in [0.4, 0.5) is 4.39 Å². The topological polar surface area (TPSA) is 71.3 Å². The minimum absolute atomic E-state index is 0.0113. The molecule has 2 N–H and O–H groups in total. The molecule has 1 rings (SSSR count). The maximum atomic E-state index is 13.1. The molecule has 0 aliphatic rings. The first-order chi connectivity index (χ1) is 9.08. The lowest BCUT2D eigenvalue weighted by Gasteiger charge is -2.14. The van der Waals surface area contributed by atoms with Crippen LogP contribution in [0.15, 0.2) is 23.4 Å². The summed E-state index contributed by atoms with van der Waals surface area (Å²) in [5, 5.41) is 21.3. The fraction of sp³-hybridized carbons (Fsp3) is 0.462. The molecule has 106 valence electrons. The van der Waals surface area contributed by atoms with Gasteiger partial charge >= 0.3 is 0 Å². The van der Waals surface area contributed by atoms with Crippen LogP contribution >= 0.6 is 0 Å². The second kappa shape index (κ2) is 7.70. The molecule has 0 heterocycles. The second-order valence-electron chi connectivity index (χ2n) is 3.95. The molecular weight excluding hydrogens is 253 g/mol. The van der Waals surface area contributed by atoms with Gasteiger partial charge < -0.3 is 19.8 Å². The maximum absolute atomic E-state index is 13.1. The molecule has 0 fully saturated rings. The number of ether oxygens (including phenoxy) is 2. The predicted molar refractivity (Wildman–Crippen MR) is 68.4 cm³/mol. The molecule has 0 aromatic heterocycles. The number of oxime groups is 1. The Labute approximate surface area is 111 Å². The van der Waals surface area contributed by atoms with Crippen molar-refractivity contribution in [2.75, 3.05) is 19.8 Å². The SMILES string of the molecule is CCOCC(O)COc1ccc(F)cc1C(C)=NO. The summed E-state index contributed by atoms with van der Waals surface area (Å²) < 4.78 is 23.6. The highest BCUT2D eigenvalue weighted by molar-refractivity contribution is 6.00. The molecule has 0 saturated heterocycles. The number of hydrogen-bond donors (Lipinski definition) is 2. The largest absolute Gasteiger partial charge is 0.490 e. The quantitative estimate of drug-likeness (QED) is 0.450. The lowest BCUT2D eigenvalue weighted by atomic mass is 10.1. The molecule has 1 atom stereocenters. The molecule has 0 spiro atoms.